The van der Waals surface area contributed by atoms with Crippen molar-refractivity contribution in [3.8, 4) is 0 Å². The molecule has 0 radical (unpaired) electrons. The number of amides is 1. The monoisotopic (exact) mass is 562 g/mol. The van der Waals surface area contributed by atoms with Crippen LogP contribution in [-0.2, 0) is 0 Å². The fourth-order valence-electron chi connectivity index (χ4n) is 3.22. The molecule has 0 aromatic heterocycles. The van der Waals surface area contributed by atoms with Crippen LogP contribution >= 0.6 is 58.0 Å². The normalized spacial score (nSPS) is 14.6. The average Bonchev–Trinajstić information content (AvgIpc) is 2.70. The van der Waals surface area contributed by atoms with E-state index in [0.29, 0.717) is 15.6 Å². The van der Waals surface area contributed by atoms with E-state index in [1.165, 1.54) is 0 Å². The molecule has 1 fully saturated rings. The van der Waals surface area contributed by atoms with Gasteiger partial charge in [-0.25, -0.2) is 0 Å². The van der Waals surface area contributed by atoms with Gasteiger partial charge in [0.05, 0.1) is 27.0 Å². The number of carbonyl (C=O) groups is 1. The third kappa shape index (κ3) is 5.73. The number of thiocarbonyl (C=S) groups is 1. The van der Waals surface area contributed by atoms with Crippen LogP contribution in [-0.4, -0.2) is 48.6 Å². The van der Waals surface area contributed by atoms with Crippen molar-refractivity contribution in [1.82, 2.24) is 10.2 Å². The Hall–Kier alpha value is -1.13. The first kappa shape index (κ1) is 22.6. The van der Waals surface area contributed by atoms with Gasteiger partial charge in [-0.15, -0.1) is 0 Å². The van der Waals surface area contributed by atoms with E-state index in [4.69, 9.17) is 35.4 Å². The Morgan fingerprint density at radius 2 is 1.86 bits per heavy atom. The number of para-hydroxylation sites is 1. The van der Waals surface area contributed by atoms with Crippen LogP contribution in [0.2, 0.25) is 10.0 Å². The van der Waals surface area contributed by atoms with Gasteiger partial charge in [0.25, 0.3) is 5.91 Å². The minimum Gasteiger partial charge on any atom is -0.366 e. The number of halogens is 3. The number of hydrogen-bond acceptors (Lipinski definition) is 4. The summed E-state index contributed by atoms with van der Waals surface area (Å²) in [6.07, 6.45) is 0. The predicted molar refractivity (Wildman–Crippen MR) is 134 cm³/mol. The second kappa shape index (κ2) is 10.3. The highest BCUT2D eigenvalue weighted by atomic mass is 127. The standard InChI is InChI=1S/C20H21Cl2IN4OS/c1-2-26-8-10-27(11-9-26)18-16(22)4-3-5-17(18)24-20(29)25-19(28)14-12-13(23)6-7-15(14)21/h3-7,12H,2,8-11H2,1H3,(H2,24,25,28,29). The number of anilines is 2. The van der Waals surface area contributed by atoms with Gasteiger partial charge in [0.15, 0.2) is 5.11 Å². The van der Waals surface area contributed by atoms with Crippen molar-refractivity contribution in [2.45, 2.75) is 6.92 Å². The van der Waals surface area contributed by atoms with E-state index in [0.717, 1.165) is 47.7 Å². The van der Waals surface area contributed by atoms with Crippen molar-refractivity contribution in [3.05, 3.63) is 55.6 Å². The zero-order valence-electron chi connectivity index (χ0n) is 15.8. The number of carbonyl (C=O) groups excluding carboxylic acids is 1. The van der Waals surface area contributed by atoms with Gasteiger partial charge in [-0.1, -0.05) is 36.2 Å². The molecule has 2 aromatic carbocycles. The smallest absolute Gasteiger partial charge is 0.258 e. The molecule has 0 bridgehead atoms. The van der Waals surface area contributed by atoms with E-state index >= 15 is 0 Å². The van der Waals surface area contributed by atoms with Crippen LogP contribution in [0.25, 0.3) is 0 Å². The molecular formula is C20H21Cl2IN4OS. The van der Waals surface area contributed by atoms with Gasteiger partial charge in [-0.2, -0.15) is 0 Å². The lowest BCUT2D eigenvalue weighted by Gasteiger charge is -2.37. The lowest BCUT2D eigenvalue weighted by atomic mass is 10.2. The maximum atomic E-state index is 12.6. The molecule has 0 aliphatic carbocycles. The Kier molecular flexibility index (Phi) is 7.98. The maximum absolute atomic E-state index is 12.6. The van der Waals surface area contributed by atoms with Crippen molar-refractivity contribution >= 4 is 80.4 Å². The Balaban J connectivity index is 1.73. The van der Waals surface area contributed by atoms with E-state index in [-0.39, 0.29) is 11.0 Å². The number of likely N-dealkylation sites (N-methyl/N-ethyl adjacent to an activating group) is 1. The molecule has 1 aliphatic heterocycles. The molecule has 1 heterocycles. The van der Waals surface area contributed by atoms with Crippen LogP contribution in [0.4, 0.5) is 11.4 Å². The summed E-state index contributed by atoms with van der Waals surface area (Å²) in [5.74, 6) is -0.355. The van der Waals surface area contributed by atoms with E-state index in [2.05, 4.69) is 49.9 Å². The highest BCUT2D eigenvalue weighted by Crippen LogP contribution is 2.34. The van der Waals surface area contributed by atoms with E-state index in [1.54, 1.807) is 12.1 Å². The minimum absolute atomic E-state index is 0.195. The average molecular weight is 563 g/mol. The molecule has 0 saturated carbocycles. The largest absolute Gasteiger partial charge is 0.366 e. The Labute approximate surface area is 199 Å². The van der Waals surface area contributed by atoms with Gasteiger partial charge < -0.3 is 15.1 Å². The summed E-state index contributed by atoms with van der Waals surface area (Å²) in [5, 5.41) is 7.05. The summed E-state index contributed by atoms with van der Waals surface area (Å²) < 4.78 is 0.916. The van der Waals surface area contributed by atoms with Gasteiger partial charge in [0.2, 0.25) is 0 Å². The highest BCUT2D eigenvalue weighted by Gasteiger charge is 2.21. The summed E-state index contributed by atoms with van der Waals surface area (Å²) in [5.41, 5.74) is 2.04. The molecule has 154 valence electrons. The molecule has 3 rings (SSSR count). The van der Waals surface area contributed by atoms with Crippen molar-refractivity contribution in [2.24, 2.45) is 0 Å². The van der Waals surface area contributed by atoms with Gasteiger partial charge in [-0.05, 0) is 71.7 Å². The van der Waals surface area contributed by atoms with Crippen LogP contribution < -0.4 is 15.5 Å². The molecule has 0 spiro atoms. The van der Waals surface area contributed by atoms with Crippen molar-refractivity contribution in [1.29, 1.82) is 0 Å². The van der Waals surface area contributed by atoms with E-state index in [1.807, 2.05) is 24.3 Å². The quantitative estimate of drug-likeness (QED) is 0.411. The SMILES string of the molecule is CCN1CCN(c2c(Cl)cccc2NC(=S)NC(=O)c2cc(I)ccc2Cl)CC1. The molecule has 29 heavy (non-hydrogen) atoms. The van der Waals surface area contributed by atoms with Crippen molar-refractivity contribution in [2.75, 3.05) is 42.9 Å². The molecule has 1 aliphatic rings. The second-order valence-corrected chi connectivity index (χ2v) is 9.06. The number of hydrogen-bond donors (Lipinski definition) is 2. The molecular weight excluding hydrogens is 542 g/mol. The third-order valence-electron chi connectivity index (χ3n) is 4.77. The third-order valence-corrected chi connectivity index (χ3v) is 6.28. The number of piperazine rings is 1. The molecule has 0 atom stereocenters. The van der Waals surface area contributed by atoms with Gasteiger partial charge in [0, 0.05) is 29.7 Å². The fourth-order valence-corrected chi connectivity index (χ4v) is 4.41. The first-order valence-electron chi connectivity index (χ1n) is 9.22. The number of nitrogens with one attached hydrogen (secondary N) is 2. The molecule has 2 aromatic rings. The molecule has 1 saturated heterocycles. The van der Waals surface area contributed by atoms with Gasteiger partial charge >= 0.3 is 0 Å². The van der Waals surface area contributed by atoms with Crippen LogP contribution in [0, 0.1) is 3.57 Å². The predicted octanol–water partition coefficient (Wildman–Crippen LogP) is 4.87. The van der Waals surface area contributed by atoms with Crippen LogP contribution in [0.1, 0.15) is 17.3 Å². The lowest BCUT2D eigenvalue weighted by Crippen LogP contribution is -2.46. The van der Waals surface area contributed by atoms with Crippen LogP contribution in [0.3, 0.4) is 0 Å². The summed E-state index contributed by atoms with van der Waals surface area (Å²) >= 11 is 20.2. The summed E-state index contributed by atoms with van der Waals surface area (Å²) in [4.78, 5) is 17.2. The zero-order valence-corrected chi connectivity index (χ0v) is 20.3. The van der Waals surface area contributed by atoms with Gasteiger partial charge in [0.1, 0.15) is 0 Å². The molecule has 1 amide bonds. The first-order valence-corrected chi connectivity index (χ1v) is 11.5. The number of nitrogens with zero attached hydrogens (tertiary/aromatic N) is 2. The summed E-state index contributed by atoms with van der Waals surface area (Å²) in [6, 6.07) is 10.9. The Bertz CT molecular complexity index is 919. The van der Waals surface area contributed by atoms with Gasteiger partial charge in [-0.3, -0.25) is 10.1 Å². The lowest BCUT2D eigenvalue weighted by molar-refractivity contribution is 0.0978. The molecule has 5 nitrogen and oxygen atoms in total. The minimum atomic E-state index is -0.355. The van der Waals surface area contributed by atoms with Crippen molar-refractivity contribution in [3.63, 3.8) is 0 Å². The van der Waals surface area contributed by atoms with E-state index in [9.17, 15) is 4.79 Å². The van der Waals surface area contributed by atoms with Crippen LogP contribution in [0.15, 0.2) is 36.4 Å². The highest BCUT2D eigenvalue weighted by molar-refractivity contribution is 14.1. The van der Waals surface area contributed by atoms with E-state index < -0.39 is 0 Å². The number of rotatable bonds is 4. The van der Waals surface area contributed by atoms with Crippen LogP contribution in [0.5, 0.6) is 0 Å². The Morgan fingerprint density at radius 1 is 1.14 bits per heavy atom. The summed E-state index contributed by atoms with van der Waals surface area (Å²) in [7, 11) is 0. The number of benzene rings is 2. The molecule has 2 N–H and O–H groups in total. The fraction of sp³-hybridized carbons (Fsp3) is 0.300. The molecule has 0 unspecified atom stereocenters. The topological polar surface area (TPSA) is 47.6 Å². The summed E-state index contributed by atoms with van der Waals surface area (Å²) in [6.45, 7) is 6.92. The zero-order chi connectivity index (χ0) is 21.0. The molecule has 9 heteroatoms. The maximum Gasteiger partial charge on any atom is 0.258 e. The van der Waals surface area contributed by atoms with Crippen molar-refractivity contribution < 1.29 is 4.79 Å². The second-order valence-electron chi connectivity index (χ2n) is 6.59. The Morgan fingerprint density at radius 3 is 2.55 bits per heavy atom. The first-order chi connectivity index (χ1) is 13.9.